The Morgan fingerprint density at radius 2 is 2.06 bits per heavy atom. The van der Waals surface area contributed by atoms with E-state index in [0.717, 1.165) is 22.4 Å². The van der Waals surface area contributed by atoms with Crippen LogP contribution in [0.25, 0.3) is 22.4 Å². The van der Waals surface area contributed by atoms with Crippen molar-refractivity contribution < 1.29 is 0 Å². The van der Waals surface area contributed by atoms with E-state index in [-0.39, 0.29) is 0 Å². The summed E-state index contributed by atoms with van der Waals surface area (Å²) >= 11 is 5.81. The van der Waals surface area contributed by atoms with E-state index in [1.165, 1.54) is 6.20 Å². The van der Waals surface area contributed by atoms with E-state index in [1.54, 1.807) is 0 Å². The second kappa shape index (κ2) is 4.03. The molecule has 0 N–H and O–H groups in total. The first-order valence-electron chi connectivity index (χ1n) is 5.44. The lowest BCUT2D eigenvalue weighted by Gasteiger charge is -2.00. The molecule has 0 unspecified atom stereocenters. The molecule has 0 saturated heterocycles. The number of imidazole rings is 1. The molecule has 3 rings (SSSR count). The molecule has 0 radical (unpaired) electrons. The molecular formula is C12H10ClN5. The molecule has 2 aromatic heterocycles. The number of benzene rings is 1. The fourth-order valence-electron chi connectivity index (χ4n) is 1.87. The van der Waals surface area contributed by atoms with Crippen molar-refractivity contribution in [3.8, 4) is 11.4 Å². The summed E-state index contributed by atoms with van der Waals surface area (Å²) in [6, 6.07) is 5.88. The van der Waals surface area contributed by atoms with E-state index in [4.69, 9.17) is 11.6 Å². The predicted molar refractivity (Wildman–Crippen MR) is 69.3 cm³/mol. The van der Waals surface area contributed by atoms with Crippen molar-refractivity contribution >= 4 is 22.6 Å². The van der Waals surface area contributed by atoms with Crippen LogP contribution < -0.4 is 0 Å². The summed E-state index contributed by atoms with van der Waals surface area (Å²) in [7, 11) is 1.99. The van der Waals surface area contributed by atoms with Crippen LogP contribution in [-0.2, 0) is 7.05 Å². The molecule has 0 aliphatic rings. The largest absolute Gasteiger partial charge is 0.331 e. The van der Waals surface area contributed by atoms with Crippen LogP contribution in [0.15, 0.2) is 24.4 Å². The number of rotatable bonds is 1. The molecule has 0 aliphatic carbocycles. The van der Waals surface area contributed by atoms with Crippen molar-refractivity contribution in [2.45, 2.75) is 6.92 Å². The summed E-state index contributed by atoms with van der Waals surface area (Å²) in [6.07, 6.45) is 1.41. The number of aromatic nitrogens is 5. The molecule has 0 bridgehead atoms. The summed E-state index contributed by atoms with van der Waals surface area (Å²) in [5.41, 5.74) is 2.85. The van der Waals surface area contributed by atoms with Crippen LogP contribution in [-0.4, -0.2) is 24.7 Å². The standard InChI is InChI=1S/C12H10ClN5/c1-7-15-9-5-8(3-4-10(9)18(7)2)12-16-11(13)6-14-17-12/h3-6H,1-2H3. The van der Waals surface area contributed by atoms with Crippen molar-refractivity contribution in [2.24, 2.45) is 7.05 Å². The van der Waals surface area contributed by atoms with Crippen LogP contribution in [0.1, 0.15) is 5.82 Å². The van der Waals surface area contributed by atoms with Crippen molar-refractivity contribution in [1.82, 2.24) is 24.7 Å². The average Bonchev–Trinajstić information content (AvgIpc) is 2.65. The van der Waals surface area contributed by atoms with E-state index >= 15 is 0 Å². The summed E-state index contributed by atoms with van der Waals surface area (Å²) in [5.74, 6) is 1.47. The Kier molecular flexibility index (Phi) is 2.48. The molecule has 90 valence electrons. The van der Waals surface area contributed by atoms with Gasteiger partial charge in [-0.1, -0.05) is 11.6 Å². The van der Waals surface area contributed by atoms with Crippen LogP contribution in [0.2, 0.25) is 5.15 Å². The molecule has 0 saturated carbocycles. The maximum Gasteiger partial charge on any atom is 0.183 e. The van der Waals surface area contributed by atoms with Crippen LogP contribution in [0, 0.1) is 6.92 Å². The first-order chi connectivity index (χ1) is 8.65. The molecule has 3 aromatic rings. The van der Waals surface area contributed by atoms with E-state index < -0.39 is 0 Å². The normalized spacial score (nSPS) is 11.1. The minimum Gasteiger partial charge on any atom is -0.331 e. The molecule has 5 nitrogen and oxygen atoms in total. The first kappa shape index (κ1) is 11.1. The summed E-state index contributed by atoms with van der Waals surface area (Å²) in [5, 5.41) is 8.09. The lowest BCUT2D eigenvalue weighted by molar-refractivity contribution is 0.886. The molecule has 0 atom stereocenters. The van der Waals surface area contributed by atoms with E-state index in [1.807, 2.05) is 36.7 Å². The van der Waals surface area contributed by atoms with E-state index in [0.29, 0.717) is 11.0 Å². The molecule has 0 aliphatic heterocycles. The van der Waals surface area contributed by atoms with Crippen LogP contribution in [0.5, 0.6) is 0 Å². The van der Waals surface area contributed by atoms with Gasteiger partial charge in [0, 0.05) is 12.6 Å². The van der Waals surface area contributed by atoms with Crippen LogP contribution in [0.3, 0.4) is 0 Å². The van der Waals surface area contributed by atoms with Gasteiger partial charge in [0.25, 0.3) is 0 Å². The van der Waals surface area contributed by atoms with Gasteiger partial charge in [-0.05, 0) is 25.1 Å². The zero-order valence-electron chi connectivity index (χ0n) is 9.92. The predicted octanol–water partition coefficient (Wildman–Crippen LogP) is 2.39. The highest BCUT2D eigenvalue weighted by Crippen LogP contribution is 2.22. The van der Waals surface area contributed by atoms with Gasteiger partial charge in [0.15, 0.2) is 11.0 Å². The molecular weight excluding hydrogens is 250 g/mol. The smallest absolute Gasteiger partial charge is 0.183 e. The fraction of sp³-hybridized carbons (Fsp3) is 0.167. The fourth-order valence-corrected chi connectivity index (χ4v) is 1.99. The number of hydrogen-bond donors (Lipinski definition) is 0. The van der Waals surface area contributed by atoms with Gasteiger partial charge in [-0.25, -0.2) is 9.97 Å². The van der Waals surface area contributed by atoms with E-state index in [2.05, 4.69) is 20.2 Å². The molecule has 18 heavy (non-hydrogen) atoms. The van der Waals surface area contributed by atoms with Crippen molar-refractivity contribution in [3.63, 3.8) is 0 Å². The van der Waals surface area contributed by atoms with Crippen molar-refractivity contribution in [1.29, 1.82) is 0 Å². The van der Waals surface area contributed by atoms with Gasteiger partial charge in [-0.15, -0.1) is 5.10 Å². The maximum atomic E-state index is 5.81. The second-order valence-corrected chi connectivity index (χ2v) is 4.41. The highest BCUT2D eigenvalue weighted by Gasteiger charge is 2.08. The third-order valence-corrected chi connectivity index (χ3v) is 3.07. The molecule has 6 heteroatoms. The summed E-state index contributed by atoms with van der Waals surface area (Å²) < 4.78 is 2.04. The van der Waals surface area contributed by atoms with Gasteiger partial charge in [-0.2, -0.15) is 5.10 Å². The quantitative estimate of drug-likeness (QED) is 0.673. The zero-order valence-corrected chi connectivity index (χ0v) is 10.7. The average molecular weight is 260 g/mol. The monoisotopic (exact) mass is 259 g/mol. The lowest BCUT2D eigenvalue weighted by atomic mass is 10.2. The van der Waals surface area contributed by atoms with Gasteiger partial charge in [0.2, 0.25) is 0 Å². The number of hydrogen-bond acceptors (Lipinski definition) is 4. The third kappa shape index (κ3) is 1.73. The summed E-state index contributed by atoms with van der Waals surface area (Å²) in [6.45, 7) is 1.97. The zero-order chi connectivity index (χ0) is 12.7. The molecule has 2 heterocycles. The second-order valence-electron chi connectivity index (χ2n) is 4.02. The lowest BCUT2D eigenvalue weighted by Crippen LogP contribution is -1.92. The van der Waals surface area contributed by atoms with Crippen molar-refractivity contribution in [2.75, 3.05) is 0 Å². The first-order valence-corrected chi connectivity index (χ1v) is 5.81. The Balaban J connectivity index is 2.19. The number of aryl methyl sites for hydroxylation is 2. The molecule has 0 spiro atoms. The van der Waals surface area contributed by atoms with Crippen LogP contribution >= 0.6 is 11.6 Å². The Bertz CT molecular complexity index is 734. The Morgan fingerprint density at radius 3 is 2.83 bits per heavy atom. The Labute approximate surface area is 108 Å². The van der Waals surface area contributed by atoms with E-state index in [9.17, 15) is 0 Å². The van der Waals surface area contributed by atoms with Gasteiger partial charge < -0.3 is 4.57 Å². The molecule has 0 fully saturated rings. The SMILES string of the molecule is Cc1nc2cc(-c3nncc(Cl)n3)ccc2n1C. The number of fused-ring (bicyclic) bond motifs is 1. The van der Waals surface area contributed by atoms with Crippen molar-refractivity contribution in [3.05, 3.63) is 35.4 Å². The molecule has 1 aromatic carbocycles. The van der Waals surface area contributed by atoms with Crippen LogP contribution in [0.4, 0.5) is 0 Å². The Hall–Kier alpha value is -2.01. The minimum atomic E-state index is 0.331. The Morgan fingerprint density at radius 1 is 1.22 bits per heavy atom. The number of nitrogens with zero attached hydrogens (tertiary/aromatic N) is 5. The molecule has 0 amide bonds. The van der Waals surface area contributed by atoms with Gasteiger partial charge >= 0.3 is 0 Å². The minimum absolute atomic E-state index is 0.331. The topological polar surface area (TPSA) is 56.5 Å². The van der Waals surface area contributed by atoms with Gasteiger partial charge in [0.1, 0.15) is 5.82 Å². The van der Waals surface area contributed by atoms with Gasteiger partial charge in [0.05, 0.1) is 17.2 Å². The number of halogens is 1. The van der Waals surface area contributed by atoms with Gasteiger partial charge in [-0.3, -0.25) is 0 Å². The highest BCUT2D eigenvalue weighted by molar-refractivity contribution is 6.29. The third-order valence-electron chi connectivity index (χ3n) is 2.89. The highest BCUT2D eigenvalue weighted by atomic mass is 35.5. The summed E-state index contributed by atoms with van der Waals surface area (Å²) in [4.78, 5) is 8.61. The maximum absolute atomic E-state index is 5.81.